The van der Waals surface area contributed by atoms with Gasteiger partial charge in [-0.15, -0.1) is 0 Å². The summed E-state index contributed by atoms with van der Waals surface area (Å²) in [6.45, 7) is 0. The number of aryl methyl sites for hydroxylation is 1. The fraction of sp³-hybridized carbons (Fsp3) is 0.231. The maximum absolute atomic E-state index is 11.4. The van der Waals surface area contributed by atoms with Crippen molar-refractivity contribution in [2.75, 3.05) is 14.2 Å². The Balaban J connectivity index is 2.59. The molecule has 0 saturated carbocycles. The van der Waals surface area contributed by atoms with Crippen LogP contribution in [0.1, 0.15) is 0 Å². The molecule has 0 aliphatic heterocycles. The number of nitrogens with zero attached hydrogens (tertiary/aromatic N) is 2. The lowest BCUT2D eigenvalue weighted by molar-refractivity contribution is 0.355. The molecule has 2 aromatic rings. The highest BCUT2D eigenvalue weighted by atomic mass is 35.5. The van der Waals surface area contributed by atoms with Crippen molar-refractivity contribution in [3.05, 3.63) is 39.6 Å². The SMILES string of the molecule is COc1ccc(-c2nn(C)c(=O)cc2Cl)cc1OC. The molecule has 0 fully saturated rings. The largest absolute Gasteiger partial charge is 0.493 e. The van der Waals surface area contributed by atoms with E-state index in [4.69, 9.17) is 21.1 Å². The Morgan fingerprint density at radius 1 is 1.16 bits per heavy atom. The normalized spacial score (nSPS) is 10.3. The summed E-state index contributed by atoms with van der Waals surface area (Å²) < 4.78 is 11.6. The van der Waals surface area contributed by atoms with Crippen LogP contribution in [0.5, 0.6) is 11.5 Å². The van der Waals surface area contributed by atoms with Crippen molar-refractivity contribution in [3.8, 4) is 22.8 Å². The third-order valence-corrected chi connectivity index (χ3v) is 2.99. The first-order valence-electron chi connectivity index (χ1n) is 5.53. The van der Waals surface area contributed by atoms with E-state index in [1.807, 2.05) is 0 Å². The van der Waals surface area contributed by atoms with Crippen molar-refractivity contribution in [3.63, 3.8) is 0 Å². The predicted octanol–water partition coefficient (Wildman–Crippen LogP) is 2.12. The zero-order valence-electron chi connectivity index (χ0n) is 10.8. The minimum absolute atomic E-state index is 0.255. The Bertz CT molecular complexity index is 667. The highest BCUT2D eigenvalue weighted by molar-refractivity contribution is 6.32. The summed E-state index contributed by atoms with van der Waals surface area (Å²) in [4.78, 5) is 11.4. The minimum Gasteiger partial charge on any atom is -0.493 e. The number of aromatic nitrogens is 2. The lowest BCUT2D eigenvalue weighted by atomic mass is 10.1. The van der Waals surface area contributed by atoms with Gasteiger partial charge in [0.2, 0.25) is 0 Å². The second-order valence-corrected chi connectivity index (χ2v) is 4.28. The molecular formula is C13H13ClN2O3. The van der Waals surface area contributed by atoms with Gasteiger partial charge >= 0.3 is 0 Å². The molecule has 0 radical (unpaired) electrons. The maximum Gasteiger partial charge on any atom is 0.267 e. The van der Waals surface area contributed by atoms with E-state index in [0.717, 1.165) is 5.56 Å². The average molecular weight is 281 g/mol. The minimum atomic E-state index is -0.255. The van der Waals surface area contributed by atoms with E-state index in [1.54, 1.807) is 39.5 Å². The van der Waals surface area contributed by atoms with Crippen molar-refractivity contribution in [1.82, 2.24) is 9.78 Å². The highest BCUT2D eigenvalue weighted by Crippen LogP contribution is 2.33. The van der Waals surface area contributed by atoms with Crippen LogP contribution in [0.2, 0.25) is 5.02 Å². The van der Waals surface area contributed by atoms with E-state index < -0.39 is 0 Å². The summed E-state index contributed by atoms with van der Waals surface area (Å²) >= 11 is 6.06. The third-order valence-electron chi connectivity index (χ3n) is 2.70. The standard InChI is InChI=1S/C13H13ClN2O3/c1-16-12(17)7-9(14)13(15-16)8-4-5-10(18-2)11(6-8)19-3/h4-7H,1-3H3. The molecule has 0 saturated heterocycles. The number of methoxy groups -OCH3 is 2. The first-order chi connectivity index (χ1) is 9.06. The molecule has 100 valence electrons. The predicted molar refractivity (Wildman–Crippen MR) is 73.0 cm³/mol. The molecule has 19 heavy (non-hydrogen) atoms. The number of rotatable bonds is 3. The summed E-state index contributed by atoms with van der Waals surface area (Å²) in [5.41, 5.74) is 1.01. The van der Waals surface area contributed by atoms with E-state index in [1.165, 1.54) is 10.7 Å². The quantitative estimate of drug-likeness (QED) is 0.864. The monoisotopic (exact) mass is 280 g/mol. The Kier molecular flexibility index (Phi) is 3.76. The van der Waals surface area contributed by atoms with Gasteiger partial charge in [-0.05, 0) is 18.2 Å². The van der Waals surface area contributed by atoms with Gasteiger partial charge in [0.15, 0.2) is 11.5 Å². The molecule has 5 nitrogen and oxygen atoms in total. The van der Waals surface area contributed by atoms with Gasteiger partial charge in [-0.3, -0.25) is 4.79 Å². The molecular weight excluding hydrogens is 268 g/mol. The second-order valence-electron chi connectivity index (χ2n) is 3.87. The van der Waals surface area contributed by atoms with Gasteiger partial charge in [0.05, 0.1) is 19.2 Å². The molecule has 1 aromatic carbocycles. The molecule has 0 N–H and O–H groups in total. The smallest absolute Gasteiger partial charge is 0.267 e. The van der Waals surface area contributed by atoms with Crippen LogP contribution in [0.15, 0.2) is 29.1 Å². The average Bonchev–Trinajstić information content (AvgIpc) is 2.42. The summed E-state index contributed by atoms with van der Waals surface area (Å²) in [6, 6.07) is 6.66. The van der Waals surface area contributed by atoms with E-state index in [9.17, 15) is 4.79 Å². The molecule has 0 atom stereocenters. The number of ether oxygens (including phenoxy) is 2. The first-order valence-corrected chi connectivity index (χ1v) is 5.91. The molecule has 2 rings (SSSR count). The molecule has 6 heteroatoms. The van der Waals surface area contributed by atoms with Gasteiger partial charge in [0.1, 0.15) is 5.69 Å². The fourth-order valence-corrected chi connectivity index (χ4v) is 1.94. The Morgan fingerprint density at radius 3 is 2.47 bits per heavy atom. The van der Waals surface area contributed by atoms with E-state index in [-0.39, 0.29) is 5.56 Å². The molecule has 0 amide bonds. The highest BCUT2D eigenvalue weighted by Gasteiger charge is 2.11. The second kappa shape index (κ2) is 5.32. The van der Waals surface area contributed by atoms with Crippen LogP contribution >= 0.6 is 11.6 Å². The maximum atomic E-state index is 11.4. The summed E-state index contributed by atoms with van der Waals surface area (Å²) in [5, 5.41) is 4.45. The van der Waals surface area contributed by atoms with Crippen molar-refractivity contribution >= 4 is 11.6 Å². The van der Waals surface area contributed by atoms with Crippen LogP contribution in [-0.4, -0.2) is 24.0 Å². The van der Waals surface area contributed by atoms with Gasteiger partial charge in [0, 0.05) is 18.7 Å². The van der Waals surface area contributed by atoms with E-state index >= 15 is 0 Å². The number of benzene rings is 1. The van der Waals surface area contributed by atoms with Gasteiger partial charge in [-0.1, -0.05) is 11.6 Å². The summed E-state index contributed by atoms with van der Waals surface area (Å²) in [5.74, 6) is 1.19. The van der Waals surface area contributed by atoms with Crippen LogP contribution in [0.25, 0.3) is 11.3 Å². The van der Waals surface area contributed by atoms with Crippen molar-refractivity contribution in [1.29, 1.82) is 0 Å². The van der Waals surface area contributed by atoms with Crippen LogP contribution in [0.3, 0.4) is 0 Å². The zero-order chi connectivity index (χ0) is 14.0. The molecule has 1 heterocycles. The summed E-state index contributed by atoms with van der Waals surface area (Å²) in [7, 11) is 4.69. The molecule has 0 spiro atoms. The lowest BCUT2D eigenvalue weighted by Crippen LogP contribution is -2.18. The van der Waals surface area contributed by atoms with E-state index in [0.29, 0.717) is 22.2 Å². The number of hydrogen-bond donors (Lipinski definition) is 0. The van der Waals surface area contributed by atoms with Crippen LogP contribution in [0, 0.1) is 0 Å². The first kappa shape index (κ1) is 13.4. The van der Waals surface area contributed by atoms with Crippen LogP contribution in [-0.2, 0) is 7.05 Å². The Labute approximate surface area is 115 Å². The van der Waals surface area contributed by atoms with Crippen molar-refractivity contribution in [2.45, 2.75) is 0 Å². The van der Waals surface area contributed by atoms with Gasteiger partial charge in [-0.25, -0.2) is 4.68 Å². The van der Waals surface area contributed by atoms with Gasteiger partial charge in [-0.2, -0.15) is 5.10 Å². The van der Waals surface area contributed by atoms with E-state index in [2.05, 4.69) is 5.10 Å². The molecule has 0 aliphatic rings. The summed E-state index contributed by atoms with van der Waals surface area (Å²) in [6.07, 6.45) is 0. The molecule has 0 bridgehead atoms. The topological polar surface area (TPSA) is 53.4 Å². The lowest BCUT2D eigenvalue weighted by Gasteiger charge is -2.10. The molecule has 0 unspecified atom stereocenters. The molecule has 0 aliphatic carbocycles. The Morgan fingerprint density at radius 2 is 1.84 bits per heavy atom. The van der Waals surface area contributed by atoms with Crippen molar-refractivity contribution in [2.24, 2.45) is 7.05 Å². The number of hydrogen-bond acceptors (Lipinski definition) is 4. The van der Waals surface area contributed by atoms with Crippen LogP contribution < -0.4 is 15.0 Å². The van der Waals surface area contributed by atoms with Crippen molar-refractivity contribution < 1.29 is 9.47 Å². The van der Waals surface area contributed by atoms with Crippen LogP contribution in [0.4, 0.5) is 0 Å². The molecule has 1 aromatic heterocycles. The van der Waals surface area contributed by atoms with Gasteiger partial charge in [0.25, 0.3) is 5.56 Å². The number of halogens is 1. The van der Waals surface area contributed by atoms with Gasteiger partial charge < -0.3 is 9.47 Å². The fourth-order valence-electron chi connectivity index (χ4n) is 1.70. The zero-order valence-corrected chi connectivity index (χ0v) is 11.6. The third kappa shape index (κ3) is 2.56. The Hall–Kier alpha value is -2.01.